The molecule has 0 saturated carbocycles. The SMILES string of the molecule is CCOc1ccc(NC(=O)c2cnc3scc(-c4ccc(F)cc4)n3c2=O)cc1. The highest BCUT2D eigenvalue weighted by Gasteiger charge is 2.17. The number of amides is 1. The van der Waals surface area contributed by atoms with E-state index in [9.17, 15) is 14.0 Å². The first kappa shape index (κ1) is 18.8. The topological polar surface area (TPSA) is 72.7 Å². The molecule has 0 unspecified atom stereocenters. The number of aromatic nitrogens is 2. The Balaban J connectivity index is 1.68. The zero-order chi connectivity index (χ0) is 20.4. The number of thiazole rings is 1. The molecule has 0 saturated heterocycles. The van der Waals surface area contributed by atoms with Gasteiger partial charge >= 0.3 is 0 Å². The summed E-state index contributed by atoms with van der Waals surface area (Å²) in [6.07, 6.45) is 1.27. The van der Waals surface area contributed by atoms with Crippen molar-refractivity contribution in [3.05, 3.63) is 81.8 Å². The van der Waals surface area contributed by atoms with Gasteiger partial charge in [-0.3, -0.25) is 14.0 Å². The van der Waals surface area contributed by atoms with Crippen molar-refractivity contribution in [3.8, 4) is 17.0 Å². The number of hydrogen-bond acceptors (Lipinski definition) is 5. The third-order valence-corrected chi connectivity index (χ3v) is 5.09. The quantitative estimate of drug-likeness (QED) is 0.536. The molecule has 29 heavy (non-hydrogen) atoms. The third kappa shape index (κ3) is 3.74. The van der Waals surface area contributed by atoms with Crippen molar-refractivity contribution < 1.29 is 13.9 Å². The molecule has 0 aliphatic heterocycles. The van der Waals surface area contributed by atoms with Crippen molar-refractivity contribution in [2.24, 2.45) is 0 Å². The van der Waals surface area contributed by atoms with Crippen LogP contribution in [0.3, 0.4) is 0 Å². The molecule has 0 atom stereocenters. The molecule has 4 rings (SSSR count). The van der Waals surface area contributed by atoms with Crippen molar-refractivity contribution in [3.63, 3.8) is 0 Å². The van der Waals surface area contributed by atoms with Crippen LogP contribution in [0.2, 0.25) is 0 Å². The molecule has 0 fully saturated rings. The van der Waals surface area contributed by atoms with Gasteiger partial charge in [0.1, 0.15) is 17.1 Å². The highest BCUT2D eigenvalue weighted by molar-refractivity contribution is 7.15. The Bertz CT molecular complexity index is 1230. The van der Waals surface area contributed by atoms with Gasteiger partial charge in [0.05, 0.1) is 12.3 Å². The number of benzene rings is 2. The number of hydrogen-bond donors (Lipinski definition) is 1. The van der Waals surface area contributed by atoms with E-state index in [-0.39, 0.29) is 11.4 Å². The van der Waals surface area contributed by atoms with Crippen molar-refractivity contribution in [2.75, 3.05) is 11.9 Å². The first-order valence-corrected chi connectivity index (χ1v) is 9.74. The molecule has 1 N–H and O–H groups in total. The maximum absolute atomic E-state index is 13.2. The summed E-state index contributed by atoms with van der Waals surface area (Å²) in [5.41, 5.74) is 1.17. The van der Waals surface area contributed by atoms with Gasteiger partial charge in [-0.05, 0) is 61.0 Å². The van der Waals surface area contributed by atoms with Crippen LogP contribution in [0.4, 0.5) is 10.1 Å². The zero-order valence-corrected chi connectivity index (χ0v) is 16.2. The van der Waals surface area contributed by atoms with Gasteiger partial charge in [-0.2, -0.15) is 0 Å². The van der Waals surface area contributed by atoms with E-state index < -0.39 is 11.5 Å². The fourth-order valence-electron chi connectivity index (χ4n) is 2.87. The van der Waals surface area contributed by atoms with E-state index in [0.717, 1.165) is 0 Å². The molecule has 4 aromatic rings. The lowest BCUT2D eigenvalue weighted by Gasteiger charge is -2.07. The van der Waals surface area contributed by atoms with E-state index >= 15 is 0 Å². The summed E-state index contributed by atoms with van der Waals surface area (Å²) in [5, 5.41) is 4.45. The van der Waals surface area contributed by atoms with E-state index in [0.29, 0.717) is 34.3 Å². The van der Waals surface area contributed by atoms with Crippen LogP contribution in [0.5, 0.6) is 5.75 Å². The van der Waals surface area contributed by atoms with Gasteiger partial charge in [0.2, 0.25) is 0 Å². The average molecular weight is 409 g/mol. The Hall–Kier alpha value is -3.52. The lowest BCUT2D eigenvalue weighted by atomic mass is 10.1. The number of nitrogens with one attached hydrogen (secondary N) is 1. The Morgan fingerprint density at radius 2 is 1.90 bits per heavy atom. The number of ether oxygens (including phenoxy) is 1. The minimum atomic E-state index is -0.558. The summed E-state index contributed by atoms with van der Waals surface area (Å²) in [6.45, 7) is 2.43. The van der Waals surface area contributed by atoms with Gasteiger partial charge in [-0.25, -0.2) is 9.37 Å². The predicted octanol–water partition coefficient (Wildman–Crippen LogP) is 4.21. The molecule has 0 spiro atoms. The van der Waals surface area contributed by atoms with Crippen molar-refractivity contribution >= 4 is 27.9 Å². The van der Waals surface area contributed by atoms with Crippen LogP contribution in [0.1, 0.15) is 17.3 Å². The fourth-order valence-corrected chi connectivity index (χ4v) is 3.73. The molecule has 2 aromatic heterocycles. The normalized spacial score (nSPS) is 10.8. The molecule has 2 heterocycles. The van der Waals surface area contributed by atoms with Gasteiger partial charge in [0, 0.05) is 17.3 Å². The smallest absolute Gasteiger partial charge is 0.271 e. The molecule has 146 valence electrons. The van der Waals surface area contributed by atoms with E-state index in [1.165, 1.54) is 34.1 Å². The van der Waals surface area contributed by atoms with E-state index in [4.69, 9.17) is 4.74 Å². The maximum atomic E-state index is 13.2. The molecular weight excluding hydrogens is 393 g/mol. The van der Waals surface area contributed by atoms with Crippen molar-refractivity contribution in [1.82, 2.24) is 9.38 Å². The lowest BCUT2D eigenvalue weighted by molar-refractivity contribution is 0.102. The van der Waals surface area contributed by atoms with Crippen LogP contribution in [0, 0.1) is 5.82 Å². The lowest BCUT2D eigenvalue weighted by Crippen LogP contribution is -2.26. The van der Waals surface area contributed by atoms with Gasteiger partial charge in [-0.1, -0.05) is 0 Å². The number of fused-ring (bicyclic) bond motifs is 1. The van der Waals surface area contributed by atoms with Gasteiger partial charge in [0.25, 0.3) is 11.5 Å². The molecule has 6 nitrogen and oxygen atoms in total. The molecule has 0 radical (unpaired) electrons. The van der Waals surface area contributed by atoms with Crippen molar-refractivity contribution in [2.45, 2.75) is 6.92 Å². The highest BCUT2D eigenvalue weighted by Crippen LogP contribution is 2.24. The maximum Gasteiger partial charge on any atom is 0.271 e. The molecule has 2 aromatic carbocycles. The Morgan fingerprint density at radius 3 is 2.59 bits per heavy atom. The minimum absolute atomic E-state index is 0.0850. The molecule has 0 aliphatic rings. The second-order valence-corrected chi connectivity index (χ2v) is 6.97. The average Bonchev–Trinajstić information content (AvgIpc) is 3.15. The largest absolute Gasteiger partial charge is 0.494 e. The van der Waals surface area contributed by atoms with Gasteiger partial charge < -0.3 is 10.1 Å². The van der Waals surface area contributed by atoms with E-state index in [2.05, 4.69) is 10.3 Å². The zero-order valence-electron chi connectivity index (χ0n) is 15.4. The number of carbonyl (C=O) groups excluding carboxylic acids is 1. The molecule has 1 amide bonds. The Labute approximate surface area is 169 Å². The highest BCUT2D eigenvalue weighted by atomic mass is 32.1. The summed E-state index contributed by atoms with van der Waals surface area (Å²) < 4.78 is 20.0. The fraction of sp³-hybridized carbons (Fsp3) is 0.0952. The second-order valence-electron chi connectivity index (χ2n) is 6.13. The van der Waals surface area contributed by atoms with Crippen LogP contribution < -0.4 is 15.6 Å². The first-order valence-electron chi connectivity index (χ1n) is 8.86. The molecule has 8 heteroatoms. The predicted molar refractivity (Wildman–Crippen MR) is 110 cm³/mol. The summed E-state index contributed by atoms with van der Waals surface area (Å²) in [4.78, 5) is 30.3. The number of rotatable bonds is 5. The third-order valence-electron chi connectivity index (χ3n) is 4.25. The number of anilines is 1. The molecule has 0 aliphatic carbocycles. The van der Waals surface area contributed by atoms with Crippen LogP contribution in [-0.4, -0.2) is 21.9 Å². The Kier molecular flexibility index (Phi) is 5.09. The number of carbonyl (C=O) groups is 1. The van der Waals surface area contributed by atoms with Crippen molar-refractivity contribution in [1.29, 1.82) is 0 Å². The van der Waals surface area contributed by atoms with Crippen LogP contribution in [0.15, 0.2) is 64.9 Å². The first-order chi connectivity index (χ1) is 14.1. The Morgan fingerprint density at radius 1 is 1.17 bits per heavy atom. The molecule has 0 bridgehead atoms. The van der Waals surface area contributed by atoms with E-state index in [1.807, 2.05) is 6.92 Å². The van der Waals surface area contributed by atoms with Crippen LogP contribution in [0.25, 0.3) is 16.2 Å². The number of halogens is 1. The summed E-state index contributed by atoms with van der Waals surface area (Å²) in [6, 6.07) is 12.7. The van der Waals surface area contributed by atoms with Gasteiger partial charge in [-0.15, -0.1) is 11.3 Å². The van der Waals surface area contributed by atoms with Crippen LogP contribution in [-0.2, 0) is 0 Å². The standard InChI is InChI=1S/C21H16FN3O3S/c1-2-28-16-9-7-15(8-10-16)24-19(26)17-11-23-21-25(20(17)27)18(12-29-21)13-3-5-14(22)6-4-13/h3-12H,2H2,1H3,(H,24,26). The molecular formula is C21H16FN3O3S. The summed E-state index contributed by atoms with van der Waals surface area (Å²) in [5.74, 6) is -0.234. The minimum Gasteiger partial charge on any atom is -0.494 e. The van der Waals surface area contributed by atoms with Crippen LogP contribution >= 0.6 is 11.3 Å². The van der Waals surface area contributed by atoms with Gasteiger partial charge in [0.15, 0.2) is 4.96 Å². The summed E-state index contributed by atoms with van der Waals surface area (Å²) in [7, 11) is 0. The summed E-state index contributed by atoms with van der Waals surface area (Å²) >= 11 is 1.27. The second kappa shape index (κ2) is 7.84. The van der Waals surface area contributed by atoms with E-state index in [1.54, 1.807) is 41.8 Å². The number of nitrogens with zero attached hydrogens (tertiary/aromatic N) is 2. The monoisotopic (exact) mass is 409 g/mol.